The molecule has 3 atom stereocenters. The number of carbonyl (C=O) groups excluding carboxylic acids is 1. The zero-order valence-electron chi connectivity index (χ0n) is 12.5. The topological polar surface area (TPSA) is 50.8 Å². The highest BCUT2D eigenvalue weighted by Gasteiger charge is 2.41. The van der Waals surface area contributed by atoms with Crippen LogP contribution in [0.3, 0.4) is 0 Å². The third kappa shape index (κ3) is 2.76. The minimum atomic E-state index is -0.154. The predicted octanol–water partition coefficient (Wildman–Crippen LogP) is 1.69. The molecule has 1 N–H and O–H groups in total. The molecule has 0 aliphatic carbocycles. The van der Waals surface area contributed by atoms with Crippen LogP contribution in [0.15, 0.2) is 24.3 Å². The van der Waals surface area contributed by atoms with E-state index in [4.69, 9.17) is 9.47 Å². The zero-order valence-corrected chi connectivity index (χ0v) is 12.5. The fourth-order valence-electron chi connectivity index (χ4n) is 3.12. The molecule has 5 nitrogen and oxygen atoms in total. The SMILES string of the molecule is COc1ccc(C2NC(C)C(=O)N2C2CCCOC2)cc1. The Kier molecular flexibility index (Phi) is 4.12. The first-order chi connectivity index (χ1) is 10.2. The van der Waals surface area contributed by atoms with Crippen LogP contribution in [0.2, 0.25) is 0 Å². The Balaban J connectivity index is 1.85. The molecule has 0 aromatic heterocycles. The van der Waals surface area contributed by atoms with E-state index in [1.165, 1.54) is 0 Å². The van der Waals surface area contributed by atoms with E-state index >= 15 is 0 Å². The lowest BCUT2D eigenvalue weighted by Gasteiger charge is -2.35. The first-order valence-corrected chi connectivity index (χ1v) is 7.50. The van der Waals surface area contributed by atoms with Gasteiger partial charge in [-0.15, -0.1) is 0 Å². The van der Waals surface area contributed by atoms with Gasteiger partial charge in [-0.1, -0.05) is 12.1 Å². The molecule has 2 aliphatic rings. The van der Waals surface area contributed by atoms with Crippen molar-refractivity contribution in [2.75, 3.05) is 20.3 Å². The number of amides is 1. The highest BCUT2D eigenvalue weighted by atomic mass is 16.5. The van der Waals surface area contributed by atoms with E-state index in [1.54, 1.807) is 7.11 Å². The van der Waals surface area contributed by atoms with E-state index in [2.05, 4.69) is 5.32 Å². The van der Waals surface area contributed by atoms with Gasteiger partial charge in [0.2, 0.25) is 5.91 Å². The van der Waals surface area contributed by atoms with E-state index in [-0.39, 0.29) is 24.2 Å². The molecule has 2 saturated heterocycles. The summed E-state index contributed by atoms with van der Waals surface area (Å²) in [4.78, 5) is 14.5. The maximum absolute atomic E-state index is 12.5. The van der Waals surface area contributed by atoms with Crippen molar-refractivity contribution in [2.24, 2.45) is 0 Å². The molecule has 3 rings (SSSR count). The van der Waals surface area contributed by atoms with Crippen LogP contribution in [0, 0.1) is 0 Å². The van der Waals surface area contributed by atoms with Crippen molar-refractivity contribution in [1.29, 1.82) is 0 Å². The van der Waals surface area contributed by atoms with Crippen LogP contribution in [0.5, 0.6) is 5.75 Å². The number of nitrogens with zero attached hydrogens (tertiary/aromatic N) is 1. The lowest BCUT2D eigenvalue weighted by atomic mass is 10.1. The number of rotatable bonds is 3. The monoisotopic (exact) mass is 290 g/mol. The maximum atomic E-state index is 12.5. The van der Waals surface area contributed by atoms with Gasteiger partial charge in [-0.3, -0.25) is 10.1 Å². The van der Waals surface area contributed by atoms with Crippen LogP contribution >= 0.6 is 0 Å². The van der Waals surface area contributed by atoms with E-state index < -0.39 is 0 Å². The van der Waals surface area contributed by atoms with Gasteiger partial charge >= 0.3 is 0 Å². The van der Waals surface area contributed by atoms with Crippen LogP contribution in [0.4, 0.5) is 0 Å². The largest absolute Gasteiger partial charge is 0.497 e. The predicted molar refractivity (Wildman–Crippen MR) is 79.0 cm³/mol. The van der Waals surface area contributed by atoms with Gasteiger partial charge in [0.05, 0.1) is 25.8 Å². The average molecular weight is 290 g/mol. The third-order valence-electron chi connectivity index (χ3n) is 4.27. The second-order valence-electron chi connectivity index (χ2n) is 5.68. The fourth-order valence-corrected chi connectivity index (χ4v) is 3.12. The summed E-state index contributed by atoms with van der Waals surface area (Å²) in [6.07, 6.45) is 1.94. The van der Waals surface area contributed by atoms with Crippen LogP contribution in [0.25, 0.3) is 0 Å². The second-order valence-corrected chi connectivity index (χ2v) is 5.68. The molecular formula is C16H22N2O3. The van der Waals surface area contributed by atoms with Gasteiger partial charge in [0, 0.05) is 6.61 Å². The van der Waals surface area contributed by atoms with E-state index in [9.17, 15) is 4.79 Å². The Morgan fingerprint density at radius 1 is 1.33 bits per heavy atom. The van der Waals surface area contributed by atoms with E-state index in [0.29, 0.717) is 6.61 Å². The number of hydrogen-bond donors (Lipinski definition) is 1. The van der Waals surface area contributed by atoms with Crippen molar-refractivity contribution < 1.29 is 14.3 Å². The molecule has 2 aliphatic heterocycles. The Morgan fingerprint density at radius 3 is 2.71 bits per heavy atom. The van der Waals surface area contributed by atoms with Gasteiger partial charge in [0.15, 0.2) is 0 Å². The molecule has 0 radical (unpaired) electrons. The Labute approximate surface area is 125 Å². The molecule has 2 heterocycles. The Hall–Kier alpha value is -1.59. The number of methoxy groups -OCH3 is 1. The first kappa shape index (κ1) is 14.4. The van der Waals surface area contributed by atoms with Crippen molar-refractivity contribution in [3.8, 4) is 5.75 Å². The Bertz CT molecular complexity index is 497. The molecule has 0 bridgehead atoms. The molecule has 1 aromatic rings. The molecule has 1 aromatic carbocycles. The average Bonchev–Trinajstić information content (AvgIpc) is 2.84. The summed E-state index contributed by atoms with van der Waals surface area (Å²) < 4.78 is 10.8. The van der Waals surface area contributed by atoms with Crippen molar-refractivity contribution in [2.45, 2.75) is 38.0 Å². The number of benzene rings is 1. The molecule has 0 spiro atoms. The molecule has 21 heavy (non-hydrogen) atoms. The summed E-state index contributed by atoms with van der Waals surface area (Å²) in [7, 11) is 1.65. The van der Waals surface area contributed by atoms with Crippen LogP contribution in [-0.4, -0.2) is 43.2 Å². The Morgan fingerprint density at radius 2 is 2.10 bits per heavy atom. The van der Waals surface area contributed by atoms with E-state index in [0.717, 1.165) is 30.8 Å². The summed E-state index contributed by atoms with van der Waals surface area (Å²) in [6, 6.07) is 7.90. The van der Waals surface area contributed by atoms with Gasteiger partial charge in [-0.05, 0) is 37.5 Å². The molecule has 1 amide bonds. The van der Waals surface area contributed by atoms with Gasteiger partial charge < -0.3 is 14.4 Å². The molecule has 5 heteroatoms. The van der Waals surface area contributed by atoms with Crippen LogP contribution < -0.4 is 10.1 Å². The summed E-state index contributed by atoms with van der Waals surface area (Å²) in [5, 5.41) is 3.38. The minimum Gasteiger partial charge on any atom is -0.497 e. The number of nitrogens with one attached hydrogen (secondary N) is 1. The second kappa shape index (κ2) is 6.03. The third-order valence-corrected chi connectivity index (χ3v) is 4.27. The summed E-state index contributed by atoms with van der Waals surface area (Å²) >= 11 is 0. The van der Waals surface area contributed by atoms with Gasteiger partial charge in [-0.25, -0.2) is 0 Å². The summed E-state index contributed by atoms with van der Waals surface area (Å²) in [5.74, 6) is 0.981. The van der Waals surface area contributed by atoms with Crippen molar-refractivity contribution in [3.63, 3.8) is 0 Å². The molecule has 0 saturated carbocycles. The number of hydrogen-bond acceptors (Lipinski definition) is 4. The lowest BCUT2D eigenvalue weighted by molar-refractivity contribution is -0.135. The van der Waals surface area contributed by atoms with Crippen LogP contribution in [-0.2, 0) is 9.53 Å². The number of ether oxygens (including phenoxy) is 2. The molecule has 114 valence electrons. The maximum Gasteiger partial charge on any atom is 0.241 e. The van der Waals surface area contributed by atoms with Gasteiger partial charge in [0.1, 0.15) is 11.9 Å². The first-order valence-electron chi connectivity index (χ1n) is 7.50. The molecule has 2 fully saturated rings. The normalized spacial score (nSPS) is 29.7. The highest BCUT2D eigenvalue weighted by Crippen LogP contribution is 2.31. The van der Waals surface area contributed by atoms with Crippen molar-refractivity contribution in [1.82, 2.24) is 10.2 Å². The summed E-state index contributed by atoms with van der Waals surface area (Å²) in [5.41, 5.74) is 1.08. The van der Waals surface area contributed by atoms with Crippen LogP contribution in [0.1, 0.15) is 31.5 Å². The molecular weight excluding hydrogens is 268 g/mol. The number of carbonyl (C=O) groups is 1. The smallest absolute Gasteiger partial charge is 0.241 e. The highest BCUT2D eigenvalue weighted by molar-refractivity contribution is 5.84. The zero-order chi connectivity index (χ0) is 14.8. The van der Waals surface area contributed by atoms with Crippen molar-refractivity contribution in [3.05, 3.63) is 29.8 Å². The quantitative estimate of drug-likeness (QED) is 0.920. The molecule has 3 unspecified atom stereocenters. The standard InChI is InChI=1S/C16H22N2O3/c1-11-16(19)18(13-4-3-9-21-10-13)15(17-11)12-5-7-14(20-2)8-6-12/h5-8,11,13,15,17H,3-4,9-10H2,1-2H3. The fraction of sp³-hybridized carbons (Fsp3) is 0.562. The van der Waals surface area contributed by atoms with Crippen molar-refractivity contribution >= 4 is 5.91 Å². The minimum absolute atomic E-state index is 0.0786. The summed E-state index contributed by atoms with van der Waals surface area (Å²) in [6.45, 7) is 3.35. The van der Waals surface area contributed by atoms with Gasteiger partial charge in [-0.2, -0.15) is 0 Å². The van der Waals surface area contributed by atoms with Gasteiger partial charge in [0.25, 0.3) is 0 Å². The van der Waals surface area contributed by atoms with E-state index in [1.807, 2.05) is 36.1 Å². The lowest BCUT2D eigenvalue weighted by Crippen LogP contribution is -2.44.